The molecule has 0 atom stereocenters. The molecule has 0 aromatic carbocycles. The molecular weight excluding hydrogens is 264 g/mol. The summed E-state index contributed by atoms with van der Waals surface area (Å²) in [6.45, 7) is 4.36. The Balaban J connectivity index is 1.98. The van der Waals surface area contributed by atoms with Crippen LogP contribution < -0.4 is 10.5 Å². The minimum absolute atomic E-state index is 0.0101. The zero-order chi connectivity index (χ0) is 15.2. The monoisotopic (exact) mass is 284 g/mol. The van der Waals surface area contributed by atoms with Crippen LogP contribution in [0.5, 0.6) is 5.88 Å². The van der Waals surface area contributed by atoms with Gasteiger partial charge in [-0.3, -0.25) is 10.4 Å². The quantitative estimate of drug-likeness (QED) is 0.484. The van der Waals surface area contributed by atoms with Crippen molar-refractivity contribution in [3.05, 3.63) is 53.0 Å². The van der Waals surface area contributed by atoms with Gasteiger partial charge in [0, 0.05) is 18.1 Å². The Labute approximate surface area is 124 Å². The first-order chi connectivity index (χ1) is 10.1. The van der Waals surface area contributed by atoms with Crippen LogP contribution in [0.15, 0.2) is 30.6 Å². The maximum atomic E-state index is 7.65. The molecule has 0 spiro atoms. The first kappa shape index (κ1) is 15.0. The van der Waals surface area contributed by atoms with Crippen molar-refractivity contribution in [2.24, 2.45) is 5.73 Å². The van der Waals surface area contributed by atoms with Gasteiger partial charge in [0.05, 0.1) is 12.2 Å². The maximum absolute atomic E-state index is 7.65. The molecule has 0 saturated heterocycles. The lowest BCUT2D eigenvalue weighted by atomic mass is 10.1. The molecule has 3 N–H and O–H groups in total. The molecule has 5 nitrogen and oxygen atoms in total. The van der Waals surface area contributed by atoms with Crippen molar-refractivity contribution in [2.45, 2.75) is 26.7 Å². The highest BCUT2D eigenvalue weighted by Crippen LogP contribution is 2.20. The zero-order valence-electron chi connectivity index (χ0n) is 12.4. The summed E-state index contributed by atoms with van der Waals surface area (Å²) in [4.78, 5) is 8.34. The predicted molar refractivity (Wildman–Crippen MR) is 82.8 cm³/mol. The van der Waals surface area contributed by atoms with Crippen LogP contribution in [0.4, 0.5) is 0 Å². The van der Waals surface area contributed by atoms with Crippen LogP contribution in [0, 0.1) is 19.3 Å². The van der Waals surface area contributed by atoms with Gasteiger partial charge >= 0.3 is 0 Å². The fourth-order valence-corrected chi connectivity index (χ4v) is 2.23. The van der Waals surface area contributed by atoms with E-state index in [1.807, 2.05) is 32.0 Å². The largest absolute Gasteiger partial charge is 0.477 e. The molecule has 110 valence electrons. The molecule has 0 unspecified atom stereocenters. The van der Waals surface area contributed by atoms with Gasteiger partial charge in [0.2, 0.25) is 5.88 Å². The number of hydrogen-bond donors (Lipinski definition) is 2. The number of nitrogens with two attached hydrogens (primary N) is 1. The number of aromatic nitrogens is 2. The predicted octanol–water partition coefficient (Wildman–Crippen LogP) is 2.39. The minimum Gasteiger partial charge on any atom is -0.477 e. The molecular formula is C16H20N4O. The molecule has 0 aliphatic heterocycles. The Morgan fingerprint density at radius 3 is 2.67 bits per heavy atom. The summed E-state index contributed by atoms with van der Waals surface area (Å²) < 4.78 is 5.73. The molecule has 2 rings (SSSR count). The van der Waals surface area contributed by atoms with Crippen LogP contribution in [-0.2, 0) is 6.42 Å². The highest BCUT2D eigenvalue weighted by atomic mass is 16.5. The summed E-state index contributed by atoms with van der Waals surface area (Å²) in [6, 6.07) is 5.90. The third-order valence-corrected chi connectivity index (χ3v) is 3.18. The smallest absolute Gasteiger partial charge is 0.224 e. The lowest BCUT2D eigenvalue weighted by molar-refractivity contribution is 0.298. The summed E-state index contributed by atoms with van der Waals surface area (Å²) in [7, 11) is 0. The van der Waals surface area contributed by atoms with Crippen LogP contribution in [0.25, 0.3) is 0 Å². The second-order valence-electron chi connectivity index (χ2n) is 4.98. The van der Waals surface area contributed by atoms with E-state index in [-0.39, 0.29) is 5.84 Å². The number of nitrogens with one attached hydrogen (secondary N) is 1. The van der Waals surface area contributed by atoms with E-state index in [0.29, 0.717) is 18.1 Å². The maximum Gasteiger partial charge on any atom is 0.224 e. The number of pyridine rings is 2. The Morgan fingerprint density at radius 1 is 1.29 bits per heavy atom. The van der Waals surface area contributed by atoms with Crippen LogP contribution in [-0.4, -0.2) is 22.4 Å². The molecule has 2 aromatic rings. The zero-order valence-corrected chi connectivity index (χ0v) is 12.4. The molecule has 0 amide bonds. The van der Waals surface area contributed by atoms with Crippen LogP contribution in [0.2, 0.25) is 0 Å². The molecule has 0 fully saturated rings. The topological polar surface area (TPSA) is 84.9 Å². The Morgan fingerprint density at radius 2 is 2.00 bits per heavy atom. The van der Waals surface area contributed by atoms with Crippen molar-refractivity contribution >= 4 is 5.84 Å². The molecule has 0 aliphatic rings. The van der Waals surface area contributed by atoms with E-state index in [4.69, 9.17) is 15.9 Å². The van der Waals surface area contributed by atoms with Gasteiger partial charge in [-0.05, 0) is 56.0 Å². The third-order valence-electron chi connectivity index (χ3n) is 3.18. The number of nitrogens with zero attached hydrogens (tertiary/aromatic N) is 2. The molecule has 0 aliphatic carbocycles. The van der Waals surface area contributed by atoms with Gasteiger partial charge in [-0.2, -0.15) is 0 Å². The summed E-state index contributed by atoms with van der Waals surface area (Å²) in [5, 5.41) is 7.65. The van der Waals surface area contributed by atoms with Gasteiger partial charge < -0.3 is 10.5 Å². The van der Waals surface area contributed by atoms with E-state index in [2.05, 4.69) is 9.97 Å². The molecule has 2 heterocycles. The van der Waals surface area contributed by atoms with Crippen molar-refractivity contribution in [3.8, 4) is 5.88 Å². The summed E-state index contributed by atoms with van der Waals surface area (Å²) in [5.74, 6) is 0.443. The van der Waals surface area contributed by atoms with E-state index in [9.17, 15) is 0 Å². The standard InChI is InChI=1S/C16H20N4O/c1-11-10-12(2)20-16(14(11)15(17)18)21-9-3-4-13-5-7-19-8-6-13/h5-8,10H,3-4,9H2,1-2H3,(H3,17,18). The molecule has 0 bridgehead atoms. The van der Waals surface area contributed by atoms with Crippen LogP contribution in [0.3, 0.4) is 0 Å². The van der Waals surface area contributed by atoms with Crippen molar-refractivity contribution in [1.29, 1.82) is 5.41 Å². The Hall–Kier alpha value is -2.43. The number of hydrogen-bond acceptors (Lipinski definition) is 4. The van der Waals surface area contributed by atoms with Gasteiger partial charge in [-0.25, -0.2) is 4.98 Å². The first-order valence-electron chi connectivity index (χ1n) is 6.92. The number of amidine groups is 1. The van der Waals surface area contributed by atoms with Crippen LogP contribution in [0.1, 0.15) is 28.8 Å². The Kier molecular flexibility index (Phi) is 4.87. The number of ether oxygens (including phenoxy) is 1. The average Bonchev–Trinajstić information content (AvgIpc) is 2.43. The van der Waals surface area contributed by atoms with Crippen molar-refractivity contribution in [2.75, 3.05) is 6.61 Å². The van der Waals surface area contributed by atoms with E-state index in [1.54, 1.807) is 12.4 Å². The SMILES string of the molecule is Cc1cc(C)c(C(=N)N)c(OCCCc2ccncc2)n1. The Bertz CT molecular complexity index is 626. The van der Waals surface area contributed by atoms with Gasteiger partial charge in [0.15, 0.2) is 0 Å². The van der Waals surface area contributed by atoms with E-state index in [1.165, 1.54) is 5.56 Å². The van der Waals surface area contributed by atoms with Crippen molar-refractivity contribution < 1.29 is 4.74 Å². The molecule has 5 heteroatoms. The number of aryl methyl sites for hydroxylation is 3. The average molecular weight is 284 g/mol. The fourth-order valence-electron chi connectivity index (χ4n) is 2.23. The minimum atomic E-state index is -0.0101. The molecule has 2 aromatic heterocycles. The van der Waals surface area contributed by atoms with Crippen molar-refractivity contribution in [3.63, 3.8) is 0 Å². The normalized spacial score (nSPS) is 10.4. The van der Waals surface area contributed by atoms with Crippen molar-refractivity contribution in [1.82, 2.24) is 9.97 Å². The summed E-state index contributed by atoms with van der Waals surface area (Å²) >= 11 is 0. The van der Waals surface area contributed by atoms with E-state index >= 15 is 0 Å². The second kappa shape index (κ2) is 6.83. The highest BCUT2D eigenvalue weighted by molar-refractivity contribution is 5.98. The second-order valence-corrected chi connectivity index (χ2v) is 4.98. The number of rotatable bonds is 6. The molecule has 21 heavy (non-hydrogen) atoms. The summed E-state index contributed by atoms with van der Waals surface area (Å²) in [5.41, 5.74) is 9.21. The van der Waals surface area contributed by atoms with E-state index in [0.717, 1.165) is 24.1 Å². The lowest BCUT2D eigenvalue weighted by Crippen LogP contribution is -2.16. The van der Waals surface area contributed by atoms with Gasteiger partial charge in [0.1, 0.15) is 5.84 Å². The summed E-state index contributed by atoms with van der Waals surface area (Å²) in [6.07, 6.45) is 5.36. The van der Waals surface area contributed by atoms with Gasteiger partial charge in [-0.1, -0.05) is 0 Å². The van der Waals surface area contributed by atoms with Gasteiger partial charge in [-0.15, -0.1) is 0 Å². The molecule has 0 saturated carbocycles. The lowest BCUT2D eigenvalue weighted by Gasteiger charge is -2.13. The first-order valence-corrected chi connectivity index (χ1v) is 6.92. The molecule has 0 radical (unpaired) electrons. The van der Waals surface area contributed by atoms with E-state index < -0.39 is 0 Å². The number of nitrogen functional groups attached to an aromatic ring is 1. The van der Waals surface area contributed by atoms with Gasteiger partial charge in [0.25, 0.3) is 0 Å². The van der Waals surface area contributed by atoms with Crippen LogP contribution >= 0.6 is 0 Å². The fraction of sp³-hybridized carbons (Fsp3) is 0.312. The highest BCUT2D eigenvalue weighted by Gasteiger charge is 2.12. The third kappa shape index (κ3) is 4.02.